The molecule has 128 valence electrons. The summed E-state index contributed by atoms with van der Waals surface area (Å²) >= 11 is 0. The zero-order valence-electron chi connectivity index (χ0n) is 13.6. The fraction of sp³-hybridized carbons (Fsp3) is 0.211. The quantitative estimate of drug-likeness (QED) is 0.669. The number of hydrogen-bond donors (Lipinski definition) is 0. The zero-order valence-corrected chi connectivity index (χ0v) is 13.6. The van der Waals surface area contributed by atoms with Crippen LogP contribution in [0, 0.1) is 11.6 Å². The number of nitrogens with zero attached hydrogens (tertiary/aromatic N) is 2. The van der Waals surface area contributed by atoms with Gasteiger partial charge in [0.1, 0.15) is 11.6 Å². The second-order valence-electron chi connectivity index (χ2n) is 6.04. The third-order valence-electron chi connectivity index (χ3n) is 4.63. The predicted octanol–water partition coefficient (Wildman–Crippen LogP) is 4.03. The molecule has 0 fully saturated rings. The topological polar surface area (TPSA) is 34.5 Å². The number of amides is 1. The molecule has 0 bridgehead atoms. The molecule has 1 amide bonds. The molecule has 0 spiro atoms. The van der Waals surface area contributed by atoms with Crippen molar-refractivity contribution >= 4 is 17.0 Å². The SMILES string of the molecule is COC(=O)N1CCc2c(c3cc(F)ccc3n2-c2ccc(F)cc2)C1. The average Bonchev–Trinajstić information content (AvgIpc) is 2.94. The van der Waals surface area contributed by atoms with E-state index in [2.05, 4.69) is 0 Å². The molecule has 0 unspecified atom stereocenters. The molecule has 6 heteroatoms. The zero-order chi connectivity index (χ0) is 17.6. The summed E-state index contributed by atoms with van der Waals surface area (Å²) in [5.41, 5.74) is 3.55. The summed E-state index contributed by atoms with van der Waals surface area (Å²) in [6.07, 6.45) is 0.211. The first-order chi connectivity index (χ1) is 12.1. The Morgan fingerprint density at radius 2 is 1.80 bits per heavy atom. The summed E-state index contributed by atoms with van der Waals surface area (Å²) in [5.74, 6) is -0.640. The Bertz CT molecular complexity index is 964. The van der Waals surface area contributed by atoms with E-state index in [1.54, 1.807) is 23.1 Å². The van der Waals surface area contributed by atoms with Crippen molar-refractivity contribution in [1.82, 2.24) is 9.47 Å². The minimum Gasteiger partial charge on any atom is -0.453 e. The van der Waals surface area contributed by atoms with Gasteiger partial charge in [0.05, 0.1) is 19.2 Å². The first-order valence-electron chi connectivity index (χ1n) is 7.99. The highest BCUT2D eigenvalue weighted by atomic mass is 19.1. The van der Waals surface area contributed by atoms with Crippen LogP contribution in [-0.2, 0) is 17.7 Å². The van der Waals surface area contributed by atoms with E-state index in [4.69, 9.17) is 4.74 Å². The molecule has 1 aliphatic rings. The second-order valence-corrected chi connectivity index (χ2v) is 6.04. The lowest BCUT2D eigenvalue weighted by molar-refractivity contribution is 0.118. The van der Waals surface area contributed by atoms with Crippen molar-refractivity contribution in [3.8, 4) is 5.69 Å². The van der Waals surface area contributed by atoms with Crippen molar-refractivity contribution < 1.29 is 18.3 Å². The third-order valence-corrected chi connectivity index (χ3v) is 4.63. The molecule has 25 heavy (non-hydrogen) atoms. The standard InChI is InChI=1S/C19H16F2N2O2/c1-25-19(24)22-9-8-18-16(11-22)15-10-13(21)4-7-17(15)23(18)14-5-2-12(20)3-6-14/h2-7,10H,8-9,11H2,1H3. The molecule has 0 N–H and O–H groups in total. The normalized spacial score (nSPS) is 13.8. The van der Waals surface area contributed by atoms with Gasteiger partial charge in [0, 0.05) is 35.3 Å². The molecule has 2 aromatic carbocycles. The van der Waals surface area contributed by atoms with E-state index in [1.165, 1.54) is 31.4 Å². The highest BCUT2D eigenvalue weighted by Crippen LogP contribution is 2.34. The Morgan fingerprint density at radius 1 is 1.08 bits per heavy atom. The Labute approximate surface area is 143 Å². The Hall–Kier alpha value is -2.89. The molecule has 3 aromatic rings. The lowest BCUT2D eigenvalue weighted by Crippen LogP contribution is -2.36. The lowest BCUT2D eigenvalue weighted by atomic mass is 10.0. The van der Waals surface area contributed by atoms with Gasteiger partial charge in [-0.2, -0.15) is 0 Å². The minimum atomic E-state index is -0.398. The number of hydrogen-bond acceptors (Lipinski definition) is 2. The van der Waals surface area contributed by atoms with Crippen LogP contribution in [0.1, 0.15) is 11.3 Å². The molecule has 0 saturated carbocycles. The predicted molar refractivity (Wildman–Crippen MR) is 89.7 cm³/mol. The smallest absolute Gasteiger partial charge is 0.409 e. The van der Waals surface area contributed by atoms with Gasteiger partial charge < -0.3 is 14.2 Å². The van der Waals surface area contributed by atoms with Gasteiger partial charge >= 0.3 is 6.09 Å². The highest BCUT2D eigenvalue weighted by Gasteiger charge is 2.27. The van der Waals surface area contributed by atoms with Crippen molar-refractivity contribution in [3.63, 3.8) is 0 Å². The van der Waals surface area contributed by atoms with Crippen molar-refractivity contribution in [2.75, 3.05) is 13.7 Å². The summed E-state index contributed by atoms with van der Waals surface area (Å²) in [5, 5.41) is 0.757. The number of rotatable bonds is 1. The summed E-state index contributed by atoms with van der Waals surface area (Å²) in [4.78, 5) is 13.5. The number of benzene rings is 2. The van der Waals surface area contributed by atoms with E-state index >= 15 is 0 Å². The molecule has 4 nitrogen and oxygen atoms in total. The summed E-state index contributed by atoms with van der Waals surface area (Å²) in [6, 6.07) is 10.8. The van der Waals surface area contributed by atoms with Gasteiger partial charge in [-0.1, -0.05) is 0 Å². The van der Waals surface area contributed by atoms with Crippen molar-refractivity contribution in [3.05, 3.63) is 65.4 Å². The maximum Gasteiger partial charge on any atom is 0.409 e. The maximum atomic E-state index is 13.8. The van der Waals surface area contributed by atoms with Crippen molar-refractivity contribution in [2.45, 2.75) is 13.0 Å². The van der Waals surface area contributed by atoms with Crippen LogP contribution in [0.3, 0.4) is 0 Å². The van der Waals surface area contributed by atoms with Crippen molar-refractivity contribution in [2.24, 2.45) is 0 Å². The Kier molecular flexibility index (Phi) is 3.67. The number of carbonyl (C=O) groups excluding carboxylic acids is 1. The van der Waals surface area contributed by atoms with E-state index < -0.39 is 6.09 Å². The third kappa shape index (κ3) is 2.54. The molecule has 0 radical (unpaired) electrons. The fourth-order valence-electron chi connectivity index (χ4n) is 3.50. The first-order valence-corrected chi connectivity index (χ1v) is 7.99. The van der Waals surface area contributed by atoms with Crippen LogP contribution in [-0.4, -0.2) is 29.2 Å². The molecule has 4 rings (SSSR count). The molecule has 1 aliphatic heterocycles. The van der Waals surface area contributed by atoms with Gasteiger partial charge in [-0.15, -0.1) is 0 Å². The number of aromatic nitrogens is 1. The average molecular weight is 342 g/mol. The molecule has 0 atom stereocenters. The van der Waals surface area contributed by atoms with Crippen LogP contribution in [0.5, 0.6) is 0 Å². The lowest BCUT2D eigenvalue weighted by Gasteiger charge is -2.27. The van der Waals surface area contributed by atoms with Gasteiger partial charge in [0.25, 0.3) is 0 Å². The van der Waals surface area contributed by atoms with E-state index in [-0.39, 0.29) is 11.6 Å². The molecule has 1 aromatic heterocycles. The highest BCUT2D eigenvalue weighted by molar-refractivity contribution is 5.88. The fourth-order valence-corrected chi connectivity index (χ4v) is 3.50. The monoisotopic (exact) mass is 342 g/mol. The van der Waals surface area contributed by atoms with Gasteiger partial charge in [0.2, 0.25) is 0 Å². The van der Waals surface area contributed by atoms with Crippen LogP contribution in [0.25, 0.3) is 16.6 Å². The van der Waals surface area contributed by atoms with Crippen LogP contribution < -0.4 is 0 Å². The molecule has 0 aliphatic carbocycles. The van der Waals surface area contributed by atoms with Gasteiger partial charge in [-0.25, -0.2) is 13.6 Å². The Balaban J connectivity index is 1.93. The van der Waals surface area contributed by atoms with Crippen LogP contribution >= 0.6 is 0 Å². The van der Waals surface area contributed by atoms with Gasteiger partial charge in [-0.3, -0.25) is 0 Å². The number of carbonyl (C=O) groups is 1. The number of halogens is 2. The van der Waals surface area contributed by atoms with Gasteiger partial charge in [-0.05, 0) is 42.5 Å². The maximum absolute atomic E-state index is 13.8. The summed E-state index contributed by atoms with van der Waals surface area (Å²) in [7, 11) is 1.35. The van der Waals surface area contributed by atoms with Gasteiger partial charge in [0.15, 0.2) is 0 Å². The Morgan fingerprint density at radius 3 is 2.52 bits per heavy atom. The van der Waals surface area contributed by atoms with Crippen LogP contribution in [0.2, 0.25) is 0 Å². The second kappa shape index (κ2) is 5.88. The number of methoxy groups -OCH3 is 1. The van der Waals surface area contributed by atoms with E-state index in [0.717, 1.165) is 27.8 Å². The van der Waals surface area contributed by atoms with Crippen LogP contribution in [0.4, 0.5) is 13.6 Å². The first kappa shape index (κ1) is 15.6. The summed E-state index contributed by atoms with van der Waals surface area (Å²) < 4.78 is 33.9. The summed E-state index contributed by atoms with van der Waals surface area (Å²) in [6.45, 7) is 0.871. The van der Waals surface area contributed by atoms with Crippen molar-refractivity contribution in [1.29, 1.82) is 0 Å². The largest absolute Gasteiger partial charge is 0.453 e. The molecule has 2 heterocycles. The van der Waals surface area contributed by atoms with E-state index in [1.807, 2.05) is 4.57 Å². The van der Waals surface area contributed by atoms with Crippen LogP contribution in [0.15, 0.2) is 42.5 Å². The van der Waals surface area contributed by atoms with E-state index in [0.29, 0.717) is 19.5 Å². The molecular formula is C19H16F2N2O2. The number of ether oxygens (including phenoxy) is 1. The minimum absolute atomic E-state index is 0.308. The number of fused-ring (bicyclic) bond motifs is 3. The molecule has 0 saturated heterocycles. The molecular weight excluding hydrogens is 326 g/mol. The van der Waals surface area contributed by atoms with E-state index in [9.17, 15) is 13.6 Å².